The fourth-order valence-corrected chi connectivity index (χ4v) is 2.59. The number of piperidine rings is 1. The van der Waals surface area contributed by atoms with Crippen LogP contribution in [-0.4, -0.2) is 27.6 Å². The van der Waals surface area contributed by atoms with Gasteiger partial charge in [-0.3, -0.25) is 4.98 Å². The van der Waals surface area contributed by atoms with Crippen molar-refractivity contribution in [1.29, 1.82) is 0 Å². The van der Waals surface area contributed by atoms with Gasteiger partial charge in [-0.15, -0.1) is 0 Å². The lowest BCUT2D eigenvalue weighted by atomic mass is 9.99. The minimum absolute atomic E-state index is 0.716. The fourth-order valence-electron chi connectivity index (χ4n) is 2.59. The predicted octanol–water partition coefficient (Wildman–Crippen LogP) is 1.94. The molecule has 0 spiro atoms. The molecular weight excluding hydrogens is 224 g/mol. The second kappa shape index (κ2) is 5.31. The van der Waals surface area contributed by atoms with Crippen molar-refractivity contribution in [3.05, 3.63) is 37.1 Å². The van der Waals surface area contributed by atoms with Crippen LogP contribution in [0.1, 0.15) is 12.8 Å². The van der Waals surface area contributed by atoms with Crippen molar-refractivity contribution in [2.45, 2.75) is 19.4 Å². The highest BCUT2D eigenvalue weighted by Crippen LogP contribution is 2.20. The highest BCUT2D eigenvalue weighted by molar-refractivity contribution is 5.57. The first-order valence-electron chi connectivity index (χ1n) is 6.55. The van der Waals surface area contributed by atoms with Crippen LogP contribution in [0.15, 0.2) is 37.1 Å². The van der Waals surface area contributed by atoms with Crippen LogP contribution >= 0.6 is 0 Å². The van der Waals surface area contributed by atoms with E-state index in [0.29, 0.717) is 5.92 Å². The van der Waals surface area contributed by atoms with Gasteiger partial charge >= 0.3 is 0 Å². The molecule has 0 aliphatic carbocycles. The molecule has 1 unspecified atom stereocenters. The minimum atomic E-state index is 0.716. The Balaban J connectivity index is 1.79. The number of imidazole rings is 1. The van der Waals surface area contributed by atoms with Crippen molar-refractivity contribution in [2.75, 3.05) is 13.1 Å². The average Bonchev–Trinajstić information content (AvgIpc) is 2.89. The van der Waals surface area contributed by atoms with Crippen LogP contribution in [0.2, 0.25) is 0 Å². The molecule has 0 bridgehead atoms. The maximum absolute atomic E-state index is 4.29. The van der Waals surface area contributed by atoms with Gasteiger partial charge in [-0.25, -0.2) is 4.98 Å². The van der Waals surface area contributed by atoms with Gasteiger partial charge in [0.15, 0.2) is 0 Å². The quantitative estimate of drug-likeness (QED) is 0.894. The molecule has 0 aromatic carbocycles. The Morgan fingerprint density at radius 1 is 1.28 bits per heavy atom. The minimum Gasteiger partial charge on any atom is -0.330 e. The summed E-state index contributed by atoms with van der Waals surface area (Å²) in [4.78, 5) is 8.35. The second-order valence-electron chi connectivity index (χ2n) is 4.88. The van der Waals surface area contributed by atoms with E-state index in [1.54, 1.807) is 0 Å². The molecule has 18 heavy (non-hydrogen) atoms. The predicted molar refractivity (Wildman–Crippen MR) is 71.1 cm³/mol. The molecule has 2 aromatic rings. The normalized spacial score (nSPS) is 19.9. The third-order valence-electron chi connectivity index (χ3n) is 3.54. The number of nitrogens with one attached hydrogen (secondary N) is 1. The Bertz CT molecular complexity index is 486. The molecule has 4 nitrogen and oxygen atoms in total. The Morgan fingerprint density at radius 2 is 2.17 bits per heavy atom. The number of hydrogen-bond donors (Lipinski definition) is 1. The summed E-state index contributed by atoms with van der Waals surface area (Å²) in [6.07, 6.45) is 10.1. The summed E-state index contributed by atoms with van der Waals surface area (Å²) in [6.45, 7) is 3.33. The van der Waals surface area contributed by atoms with E-state index < -0.39 is 0 Å². The summed E-state index contributed by atoms with van der Waals surface area (Å²) in [5.41, 5.74) is 2.37. The van der Waals surface area contributed by atoms with Crippen molar-refractivity contribution in [1.82, 2.24) is 19.9 Å². The van der Waals surface area contributed by atoms with Crippen LogP contribution in [0.25, 0.3) is 11.3 Å². The molecule has 1 aliphatic rings. The van der Waals surface area contributed by atoms with E-state index in [4.69, 9.17) is 0 Å². The summed E-state index contributed by atoms with van der Waals surface area (Å²) in [6, 6.07) is 4.07. The molecule has 3 heterocycles. The van der Waals surface area contributed by atoms with Gasteiger partial charge < -0.3 is 9.88 Å². The number of aromatic nitrogens is 3. The molecule has 1 N–H and O–H groups in total. The van der Waals surface area contributed by atoms with Crippen molar-refractivity contribution in [3.8, 4) is 11.3 Å². The molecule has 0 radical (unpaired) electrons. The molecular formula is C14H18N4. The molecule has 4 heteroatoms. The van der Waals surface area contributed by atoms with Crippen LogP contribution in [0.4, 0.5) is 0 Å². The number of nitrogens with zero attached hydrogens (tertiary/aromatic N) is 3. The molecule has 1 atom stereocenters. The van der Waals surface area contributed by atoms with Gasteiger partial charge in [-0.1, -0.05) is 0 Å². The number of hydrogen-bond acceptors (Lipinski definition) is 3. The maximum atomic E-state index is 4.29. The zero-order chi connectivity index (χ0) is 12.2. The van der Waals surface area contributed by atoms with E-state index in [0.717, 1.165) is 19.6 Å². The van der Waals surface area contributed by atoms with E-state index in [1.807, 2.05) is 37.1 Å². The van der Waals surface area contributed by atoms with Gasteiger partial charge in [0.05, 0.1) is 18.2 Å². The highest BCUT2D eigenvalue weighted by Gasteiger charge is 2.15. The first-order chi connectivity index (χ1) is 8.93. The lowest BCUT2D eigenvalue weighted by Gasteiger charge is -2.23. The van der Waals surface area contributed by atoms with Crippen molar-refractivity contribution in [2.24, 2.45) is 5.92 Å². The molecule has 1 aliphatic heterocycles. The van der Waals surface area contributed by atoms with E-state index in [-0.39, 0.29) is 0 Å². The fraction of sp³-hybridized carbons (Fsp3) is 0.429. The van der Waals surface area contributed by atoms with E-state index in [2.05, 4.69) is 19.9 Å². The molecule has 3 rings (SSSR count). The molecule has 1 saturated heterocycles. The topological polar surface area (TPSA) is 42.7 Å². The zero-order valence-corrected chi connectivity index (χ0v) is 10.4. The van der Waals surface area contributed by atoms with Crippen LogP contribution in [0.3, 0.4) is 0 Å². The standard InChI is InChI=1S/C14H18N4/c1-2-12(8-16-5-1)10-18-11-17-9-14(18)13-3-6-15-7-4-13/h3-4,6-7,9,11-12,16H,1-2,5,8,10H2. The van der Waals surface area contributed by atoms with Gasteiger partial charge in [0.2, 0.25) is 0 Å². The van der Waals surface area contributed by atoms with Gasteiger partial charge in [-0.2, -0.15) is 0 Å². The number of pyridine rings is 1. The van der Waals surface area contributed by atoms with Crippen molar-refractivity contribution >= 4 is 0 Å². The third kappa shape index (κ3) is 2.43. The summed E-state index contributed by atoms with van der Waals surface area (Å²) in [7, 11) is 0. The summed E-state index contributed by atoms with van der Waals surface area (Å²) in [5.74, 6) is 0.716. The van der Waals surface area contributed by atoms with Crippen LogP contribution < -0.4 is 5.32 Å². The smallest absolute Gasteiger partial charge is 0.0951 e. The monoisotopic (exact) mass is 242 g/mol. The van der Waals surface area contributed by atoms with Crippen molar-refractivity contribution < 1.29 is 0 Å². The molecule has 0 saturated carbocycles. The van der Waals surface area contributed by atoms with Gasteiger partial charge in [-0.05, 0) is 44.0 Å². The largest absolute Gasteiger partial charge is 0.330 e. The van der Waals surface area contributed by atoms with Crippen LogP contribution in [0.5, 0.6) is 0 Å². The first-order valence-corrected chi connectivity index (χ1v) is 6.55. The molecule has 1 fully saturated rings. The summed E-state index contributed by atoms with van der Waals surface area (Å²) in [5, 5.41) is 3.46. The van der Waals surface area contributed by atoms with Gasteiger partial charge in [0, 0.05) is 24.5 Å². The maximum Gasteiger partial charge on any atom is 0.0951 e. The first kappa shape index (κ1) is 11.4. The zero-order valence-electron chi connectivity index (χ0n) is 10.4. The third-order valence-corrected chi connectivity index (χ3v) is 3.54. The summed E-state index contributed by atoms with van der Waals surface area (Å²) >= 11 is 0. The lowest BCUT2D eigenvalue weighted by molar-refractivity contribution is 0.338. The average molecular weight is 242 g/mol. The number of rotatable bonds is 3. The Morgan fingerprint density at radius 3 is 2.94 bits per heavy atom. The Kier molecular flexibility index (Phi) is 3.37. The lowest BCUT2D eigenvalue weighted by Crippen LogP contribution is -2.32. The second-order valence-corrected chi connectivity index (χ2v) is 4.88. The van der Waals surface area contributed by atoms with E-state index in [1.165, 1.54) is 24.1 Å². The molecule has 94 valence electrons. The van der Waals surface area contributed by atoms with Crippen LogP contribution in [0, 0.1) is 5.92 Å². The molecule has 2 aromatic heterocycles. The van der Waals surface area contributed by atoms with Gasteiger partial charge in [0.25, 0.3) is 0 Å². The van der Waals surface area contributed by atoms with Crippen molar-refractivity contribution in [3.63, 3.8) is 0 Å². The summed E-state index contributed by atoms with van der Waals surface area (Å²) < 4.78 is 2.26. The Labute approximate surface area is 107 Å². The van der Waals surface area contributed by atoms with E-state index >= 15 is 0 Å². The highest BCUT2D eigenvalue weighted by atomic mass is 15.1. The van der Waals surface area contributed by atoms with Gasteiger partial charge in [0.1, 0.15) is 0 Å². The Hall–Kier alpha value is -1.68. The molecule has 0 amide bonds. The van der Waals surface area contributed by atoms with E-state index in [9.17, 15) is 0 Å². The van der Waals surface area contributed by atoms with Crippen LogP contribution in [-0.2, 0) is 6.54 Å². The SMILES string of the molecule is c1cc(-c2cncn2CC2CCCNC2)ccn1.